The molecule has 6 heteroatoms. The van der Waals surface area contributed by atoms with Gasteiger partial charge in [-0.3, -0.25) is 0 Å². The molecule has 0 amide bonds. The molecule has 1 saturated heterocycles. The number of ether oxygens (including phenoxy) is 2. The Bertz CT molecular complexity index is 1230. The third-order valence-corrected chi connectivity index (χ3v) is 8.21. The zero-order valence-corrected chi connectivity index (χ0v) is 17.7. The Balaban J connectivity index is 1.64. The number of rotatable bonds is 5. The van der Waals surface area contributed by atoms with Gasteiger partial charge in [0.05, 0.1) is 23.4 Å². The lowest BCUT2D eigenvalue weighted by Crippen LogP contribution is -2.32. The molecule has 2 bridgehead atoms. The van der Waals surface area contributed by atoms with Gasteiger partial charge in [0.15, 0.2) is 9.84 Å². The number of benzene rings is 3. The average molecular weight is 435 g/mol. The fraction of sp³-hybridized carbons (Fsp3) is 0.200. The molecule has 158 valence electrons. The number of methoxy groups -OCH3 is 1. The van der Waals surface area contributed by atoms with Crippen molar-refractivity contribution in [2.45, 2.75) is 28.8 Å². The van der Waals surface area contributed by atoms with E-state index in [4.69, 9.17) is 9.47 Å². The predicted molar refractivity (Wildman–Crippen MR) is 119 cm³/mol. The van der Waals surface area contributed by atoms with Crippen molar-refractivity contribution in [3.8, 4) is 11.5 Å². The molecule has 5 nitrogen and oxygen atoms in total. The minimum Gasteiger partial charge on any atom is -0.508 e. The summed E-state index contributed by atoms with van der Waals surface area (Å²) in [5.74, 6) is 0.914. The maximum atomic E-state index is 13.4. The molecule has 3 atom stereocenters. The van der Waals surface area contributed by atoms with E-state index < -0.39 is 21.2 Å². The number of aromatic hydroxyl groups is 1. The van der Waals surface area contributed by atoms with Crippen LogP contribution < -0.4 is 4.74 Å². The summed E-state index contributed by atoms with van der Waals surface area (Å²) in [6.45, 7) is 0. The maximum Gasteiger partial charge on any atom is 0.184 e. The van der Waals surface area contributed by atoms with E-state index in [1.54, 1.807) is 43.5 Å². The number of sulfone groups is 1. The topological polar surface area (TPSA) is 72.8 Å². The third kappa shape index (κ3) is 3.32. The van der Waals surface area contributed by atoms with E-state index in [0.717, 1.165) is 28.0 Å². The maximum absolute atomic E-state index is 13.4. The quantitative estimate of drug-likeness (QED) is 0.647. The van der Waals surface area contributed by atoms with E-state index in [2.05, 4.69) is 0 Å². The van der Waals surface area contributed by atoms with Crippen LogP contribution in [-0.4, -0.2) is 38.1 Å². The Hall–Kier alpha value is -3.09. The smallest absolute Gasteiger partial charge is 0.184 e. The lowest BCUT2D eigenvalue weighted by molar-refractivity contribution is 0.128. The van der Waals surface area contributed by atoms with Gasteiger partial charge in [-0.15, -0.1) is 0 Å². The molecule has 0 spiro atoms. The summed E-state index contributed by atoms with van der Waals surface area (Å²) in [5.41, 5.74) is 3.69. The molecule has 0 radical (unpaired) electrons. The Labute approximate surface area is 181 Å². The average Bonchev–Trinajstić information content (AvgIpc) is 3.40. The fourth-order valence-electron chi connectivity index (χ4n) is 4.57. The minimum absolute atomic E-state index is 0.184. The second-order valence-corrected chi connectivity index (χ2v) is 9.95. The molecule has 3 aromatic carbocycles. The molecular formula is C25H22O5S. The van der Waals surface area contributed by atoms with E-state index in [1.165, 1.54) is 0 Å². The molecule has 3 unspecified atom stereocenters. The number of hydrogen-bond acceptors (Lipinski definition) is 5. The molecule has 3 aromatic rings. The zero-order valence-electron chi connectivity index (χ0n) is 16.9. The highest BCUT2D eigenvalue weighted by atomic mass is 32.2. The first-order valence-corrected chi connectivity index (χ1v) is 11.7. The van der Waals surface area contributed by atoms with Crippen molar-refractivity contribution in [3.63, 3.8) is 0 Å². The number of fused-ring (bicyclic) bond motifs is 2. The van der Waals surface area contributed by atoms with Gasteiger partial charge in [-0.05, 0) is 65.1 Å². The van der Waals surface area contributed by atoms with E-state index >= 15 is 0 Å². The normalized spacial score (nSPS) is 22.7. The Morgan fingerprint density at radius 2 is 1.48 bits per heavy atom. The SMILES string of the molecule is COc1ccc(C2=C(c3ccc(O)cc3)C3CC(S(=O)(=O)c4ccccc4)C2O3)cc1. The molecule has 0 aromatic heterocycles. The summed E-state index contributed by atoms with van der Waals surface area (Å²) in [4.78, 5) is 0.316. The highest BCUT2D eigenvalue weighted by Crippen LogP contribution is 2.51. The molecule has 31 heavy (non-hydrogen) atoms. The molecule has 1 N–H and O–H groups in total. The molecule has 2 aliphatic heterocycles. The van der Waals surface area contributed by atoms with Crippen LogP contribution in [0.15, 0.2) is 83.8 Å². The zero-order chi connectivity index (χ0) is 21.6. The largest absolute Gasteiger partial charge is 0.508 e. The molecule has 0 aliphatic carbocycles. The van der Waals surface area contributed by atoms with Crippen LogP contribution in [0.1, 0.15) is 17.5 Å². The minimum atomic E-state index is -3.56. The van der Waals surface area contributed by atoms with Crippen molar-refractivity contribution < 1.29 is 23.0 Å². The van der Waals surface area contributed by atoms with E-state index in [1.807, 2.05) is 42.5 Å². The Morgan fingerprint density at radius 1 is 0.871 bits per heavy atom. The van der Waals surface area contributed by atoms with Crippen LogP contribution >= 0.6 is 0 Å². The second-order valence-electron chi connectivity index (χ2n) is 7.78. The first kappa shape index (κ1) is 19.8. The van der Waals surface area contributed by atoms with Gasteiger partial charge < -0.3 is 14.6 Å². The van der Waals surface area contributed by atoms with Crippen molar-refractivity contribution in [2.75, 3.05) is 7.11 Å². The van der Waals surface area contributed by atoms with E-state index in [9.17, 15) is 13.5 Å². The highest BCUT2D eigenvalue weighted by molar-refractivity contribution is 7.92. The van der Waals surface area contributed by atoms with Gasteiger partial charge in [0, 0.05) is 0 Å². The second kappa shape index (κ2) is 7.55. The summed E-state index contributed by atoms with van der Waals surface area (Å²) in [7, 11) is -1.95. The summed E-state index contributed by atoms with van der Waals surface area (Å²) in [5, 5.41) is 9.05. The van der Waals surface area contributed by atoms with E-state index in [0.29, 0.717) is 11.3 Å². The Morgan fingerprint density at radius 3 is 2.13 bits per heavy atom. The Kier molecular flexibility index (Phi) is 4.84. The molecule has 2 heterocycles. The van der Waals surface area contributed by atoms with Gasteiger partial charge in [-0.1, -0.05) is 42.5 Å². The molecule has 2 aliphatic rings. The van der Waals surface area contributed by atoms with Crippen LogP contribution in [0.4, 0.5) is 0 Å². The summed E-state index contributed by atoms with van der Waals surface area (Å²) < 4.78 is 38.4. The highest BCUT2D eigenvalue weighted by Gasteiger charge is 2.52. The van der Waals surface area contributed by atoms with Crippen LogP contribution in [0, 0.1) is 0 Å². The van der Waals surface area contributed by atoms with Crippen LogP contribution in [0.25, 0.3) is 11.1 Å². The predicted octanol–water partition coefficient (Wildman–Crippen LogP) is 4.33. The van der Waals surface area contributed by atoms with Crippen molar-refractivity contribution in [1.29, 1.82) is 0 Å². The summed E-state index contributed by atoms with van der Waals surface area (Å²) >= 11 is 0. The lowest BCUT2D eigenvalue weighted by Gasteiger charge is -2.25. The van der Waals surface area contributed by atoms with E-state index in [-0.39, 0.29) is 11.9 Å². The number of phenolic OH excluding ortho intramolecular Hbond substituents is 1. The van der Waals surface area contributed by atoms with Crippen molar-refractivity contribution >= 4 is 21.0 Å². The van der Waals surface area contributed by atoms with Crippen LogP contribution in [0.3, 0.4) is 0 Å². The van der Waals surface area contributed by atoms with Gasteiger partial charge in [0.1, 0.15) is 17.6 Å². The lowest BCUT2D eigenvalue weighted by atomic mass is 9.83. The van der Waals surface area contributed by atoms with Gasteiger partial charge in [-0.25, -0.2) is 8.42 Å². The third-order valence-electron chi connectivity index (χ3n) is 6.04. The molecule has 5 rings (SSSR count). The van der Waals surface area contributed by atoms with Gasteiger partial charge >= 0.3 is 0 Å². The molecule has 1 fully saturated rings. The fourth-order valence-corrected chi connectivity index (χ4v) is 6.41. The van der Waals surface area contributed by atoms with Crippen LogP contribution in [-0.2, 0) is 14.6 Å². The first-order chi connectivity index (χ1) is 15.0. The summed E-state index contributed by atoms with van der Waals surface area (Å²) in [6, 6.07) is 23.1. The van der Waals surface area contributed by atoms with Crippen LogP contribution in [0.5, 0.6) is 11.5 Å². The number of hydrogen-bond donors (Lipinski definition) is 1. The van der Waals surface area contributed by atoms with Crippen molar-refractivity contribution in [3.05, 3.63) is 90.0 Å². The van der Waals surface area contributed by atoms with Gasteiger partial charge in [-0.2, -0.15) is 0 Å². The van der Waals surface area contributed by atoms with Crippen LogP contribution in [0.2, 0.25) is 0 Å². The molecular weight excluding hydrogens is 412 g/mol. The monoisotopic (exact) mass is 434 g/mol. The first-order valence-electron chi connectivity index (χ1n) is 10.1. The molecule has 0 saturated carbocycles. The van der Waals surface area contributed by atoms with Crippen molar-refractivity contribution in [2.24, 2.45) is 0 Å². The number of phenols is 1. The van der Waals surface area contributed by atoms with Crippen molar-refractivity contribution in [1.82, 2.24) is 0 Å². The van der Waals surface area contributed by atoms with Gasteiger partial charge in [0.2, 0.25) is 0 Å². The summed E-state index contributed by atoms with van der Waals surface area (Å²) in [6.07, 6.45) is -0.486. The van der Waals surface area contributed by atoms with Gasteiger partial charge in [0.25, 0.3) is 0 Å². The standard InChI is InChI=1S/C25H22O5S/c1-29-19-13-9-17(10-14-19)24-23(16-7-11-18(26)12-8-16)21-15-22(25(24)30-21)31(27,28)20-5-3-2-4-6-20/h2-14,21-22,25-26H,15H2,1H3.